The van der Waals surface area contributed by atoms with Gasteiger partial charge in [0.05, 0.1) is 11.0 Å². The zero-order valence-electron chi connectivity index (χ0n) is 10.2. The summed E-state index contributed by atoms with van der Waals surface area (Å²) in [5.41, 5.74) is -0.648. The first-order valence-corrected chi connectivity index (χ1v) is 6.03. The van der Waals surface area contributed by atoms with Crippen molar-refractivity contribution >= 4 is 11.6 Å². The number of nitrogens with one attached hydrogen (secondary N) is 2. The van der Waals surface area contributed by atoms with Crippen LogP contribution in [0.1, 0.15) is 23.2 Å². The average Bonchev–Trinajstić information content (AvgIpc) is 3.18. The Morgan fingerprint density at radius 3 is 2.79 bits per heavy atom. The van der Waals surface area contributed by atoms with Gasteiger partial charge in [-0.25, -0.2) is 4.39 Å². The van der Waals surface area contributed by atoms with Crippen molar-refractivity contribution in [3.63, 3.8) is 0 Å². The van der Waals surface area contributed by atoms with Gasteiger partial charge in [0.25, 0.3) is 11.6 Å². The zero-order chi connectivity index (χ0) is 13.8. The third-order valence-corrected chi connectivity index (χ3v) is 2.82. The van der Waals surface area contributed by atoms with Crippen LogP contribution in [0.3, 0.4) is 0 Å². The Kier molecular flexibility index (Phi) is 4.06. The minimum Gasteiger partial charge on any atom is -0.351 e. The van der Waals surface area contributed by atoms with E-state index in [9.17, 15) is 19.3 Å². The predicted octanol–water partition coefficient (Wildman–Crippen LogP) is 1.22. The van der Waals surface area contributed by atoms with Gasteiger partial charge in [-0.05, 0) is 25.0 Å². The summed E-state index contributed by atoms with van der Waals surface area (Å²) in [6, 6.07) is 3.44. The van der Waals surface area contributed by atoms with Gasteiger partial charge in [0.1, 0.15) is 11.4 Å². The fourth-order valence-electron chi connectivity index (χ4n) is 1.68. The van der Waals surface area contributed by atoms with E-state index in [4.69, 9.17) is 0 Å². The van der Waals surface area contributed by atoms with Crippen molar-refractivity contribution in [2.24, 2.45) is 0 Å². The molecule has 2 N–H and O–H groups in total. The standard InChI is InChI=1S/C12H14FN3O3/c13-8-1-4-10(11(7-8)16(18)19)12(17)15-6-5-14-9-2-3-9/h1,4,7,9,14H,2-3,5-6H2,(H,15,17). The van der Waals surface area contributed by atoms with E-state index in [1.165, 1.54) is 0 Å². The van der Waals surface area contributed by atoms with Gasteiger partial charge in [0, 0.05) is 19.1 Å². The summed E-state index contributed by atoms with van der Waals surface area (Å²) >= 11 is 0. The second kappa shape index (κ2) is 5.75. The molecule has 1 aromatic rings. The van der Waals surface area contributed by atoms with Crippen LogP contribution in [0.4, 0.5) is 10.1 Å². The smallest absolute Gasteiger partial charge is 0.285 e. The highest BCUT2D eigenvalue weighted by atomic mass is 19.1. The Balaban J connectivity index is 1.95. The lowest BCUT2D eigenvalue weighted by Gasteiger charge is -2.06. The predicted molar refractivity (Wildman–Crippen MR) is 66.4 cm³/mol. The van der Waals surface area contributed by atoms with Crippen molar-refractivity contribution in [2.75, 3.05) is 13.1 Å². The third kappa shape index (κ3) is 3.72. The number of halogens is 1. The summed E-state index contributed by atoms with van der Waals surface area (Å²) in [6.07, 6.45) is 2.30. The molecule has 0 radical (unpaired) electrons. The lowest BCUT2D eigenvalue weighted by atomic mass is 10.1. The molecule has 1 aliphatic carbocycles. The molecule has 2 rings (SSSR count). The fraction of sp³-hybridized carbons (Fsp3) is 0.417. The number of nitro groups is 1. The first-order chi connectivity index (χ1) is 9.08. The van der Waals surface area contributed by atoms with Crippen molar-refractivity contribution in [3.05, 3.63) is 39.7 Å². The Morgan fingerprint density at radius 2 is 2.16 bits per heavy atom. The Morgan fingerprint density at radius 1 is 1.42 bits per heavy atom. The van der Waals surface area contributed by atoms with Crippen LogP contribution in [0.5, 0.6) is 0 Å². The van der Waals surface area contributed by atoms with Gasteiger partial charge < -0.3 is 10.6 Å². The molecule has 102 valence electrons. The Bertz CT molecular complexity index is 503. The molecule has 1 fully saturated rings. The van der Waals surface area contributed by atoms with Gasteiger partial charge in [0.2, 0.25) is 0 Å². The van der Waals surface area contributed by atoms with Crippen LogP contribution in [-0.4, -0.2) is 30.0 Å². The third-order valence-electron chi connectivity index (χ3n) is 2.82. The van der Waals surface area contributed by atoms with Crippen molar-refractivity contribution in [1.82, 2.24) is 10.6 Å². The number of benzene rings is 1. The number of rotatable bonds is 6. The van der Waals surface area contributed by atoms with E-state index >= 15 is 0 Å². The highest BCUT2D eigenvalue weighted by molar-refractivity contribution is 5.98. The molecular weight excluding hydrogens is 253 g/mol. The highest BCUT2D eigenvalue weighted by Crippen LogP contribution is 2.19. The van der Waals surface area contributed by atoms with Crippen LogP contribution < -0.4 is 10.6 Å². The van der Waals surface area contributed by atoms with E-state index in [0.29, 0.717) is 19.1 Å². The van der Waals surface area contributed by atoms with Crippen molar-refractivity contribution < 1.29 is 14.1 Å². The normalized spacial score (nSPS) is 14.2. The zero-order valence-corrected chi connectivity index (χ0v) is 10.2. The van der Waals surface area contributed by atoms with Gasteiger partial charge in [-0.3, -0.25) is 14.9 Å². The molecule has 1 amide bonds. The van der Waals surface area contributed by atoms with E-state index in [0.717, 1.165) is 31.0 Å². The molecule has 0 bridgehead atoms. The SMILES string of the molecule is O=C(NCCNC1CC1)c1ccc(F)cc1[N+](=O)[O-]. The van der Waals surface area contributed by atoms with Crippen LogP contribution in [0.2, 0.25) is 0 Å². The maximum Gasteiger partial charge on any atom is 0.285 e. The second-order valence-corrected chi connectivity index (χ2v) is 4.40. The van der Waals surface area contributed by atoms with Crippen LogP contribution in [0.15, 0.2) is 18.2 Å². The van der Waals surface area contributed by atoms with Gasteiger partial charge in [-0.15, -0.1) is 0 Å². The summed E-state index contributed by atoms with van der Waals surface area (Å²) in [4.78, 5) is 21.8. The largest absolute Gasteiger partial charge is 0.351 e. The number of hydrogen-bond donors (Lipinski definition) is 2. The molecule has 19 heavy (non-hydrogen) atoms. The van der Waals surface area contributed by atoms with Gasteiger partial charge in [-0.2, -0.15) is 0 Å². The molecule has 0 atom stereocenters. The van der Waals surface area contributed by atoms with Crippen molar-refractivity contribution in [3.8, 4) is 0 Å². The van der Waals surface area contributed by atoms with Crippen LogP contribution in [0, 0.1) is 15.9 Å². The second-order valence-electron chi connectivity index (χ2n) is 4.40. The summed E-state index contributed by atoms with van der Waals surface area (Å²) < 4.78 is 12.9. The number of amides is 1. The Hall–Kier alpha value is -2.02. The molecule has 0 spiro atoms. The number of carbonyl (C=O) groups is 1. The summed E-state index contributed by atoms with van der Waals surface area (Å²) in [5, 5.41) is 16.5. The molecule has 1 saturated carbocycles. The number of hydrogen-bond acceptors (Lipinski definition) is 4. The number of nitrogens with zero attached hydrogens (tertiary/aromatic N) is 1. The molecule has 0 aliphatic heterocycles. The minimum absolute atomic E-state index is 0.127. The average molecular weight is 267 g/mol. The highest BCUT2D eigenvalue weighted by Gasteiger charge is 2.22. The van der Waals surface area contributed by atoms with Gasteiger partial charge in [-0.1, -0.05) is 0 Å². The molecule has 7 heteroatoms. The number of nitro benzene ring substituents is 1. The molecule has 0 aromatic heterocycles. The van der Waals surface area contributed by atoms with Gasteiger partial charge in [0.15, 0.2) is 0 Å². The molecule has 0 saturated heterocycles. The van der Waals surface area contributed by atoms with E-state index in [-0.39, 0.29) is 5.56 Å². The molecular formula is C12H14FN3O3. The van der Waals surface area contributed by atoms with E-state index in [1.807, 2.05) is 0 Å². The van der Waals surface area contributed by atoms with E-state index in [2.05, 4.69) is 10.6 Å². The first-order valence-electron chi connectivity index (χ1n) is 6.03. The molecule has 0 heterocycles. The van der Waals surface area contributed by atoms with Gasteiger partial charge >= 0.3 is 0 Å². The summed E-state index contributed by atoms with van der Waals surface area (Å²) in [6.45, 7) is 0.995. The van der Waals surface area contributed by atoms with Crippen molar-refractivity contribution in [2.45, 2.75) is 18.9 Å². The van der Waals surface area contributed by atoms with E-state index in [1.54, 1.807) is 0 Å². The first kappa shape index (κ1) is 13.4. The Labute approximate surface area is 109 Å². The van der Waals surface area contributed by atoms with Crippen LogP contribution in [0.25, 0.3) is 0 Å². The summed E-state index contributed by atoms with van der Waals surface area (Å²) in [7, 11) is 0. The lowest BCUT2D eigenvalue weighted by molar-refractivity contribution is -0.385. The fourth-order valence-corrected chi connectivity index (χ4v) is 1.68. The maximum absolute atomic E-state index is 12.9. The van der Waals surface area contributed by atoms with Crippen LogP contribution >= 0.6 is 0 Å². The minimum atomic E-state index is -0.763. The van der Waals surface area contributed by atoms with E-state index < -0.39 is 22.3 Å². The summed E-state index contributed by atoms with van der Waals surface area (Å²) in [5.74, 6) is -1.30. The quantitative estimate of drug-likeness (QED) is 0.461. The lowest BCUT2D eigenvalue weighted by Crippen LogP contribution is -2.32. The molecule has 1 aliphatic rings. The molecule has 6 nitrogen and oxygen atoms in total. The van der Waals surface area contributed by atoms with Crippen molar-refractivity contribution in [1.29, 1.82) is 0 Å². The topological polar surface area (TPSA) is 84.3 Å². The molecule has 1 aromatic carbocycles. The monoisotopic (exact) mass is 267 g/mol. The number of carbonyl (C=O) groups excluding carboxylic acids is 1. The molecule has 0 unspecified atom stereocenters. The van der Waals surface area contributed by atoms with Crippen LogP contribution in [-0.2, 0) is 0 Å². The maximum atomic E-state index is 12.9.